The van der Waals surface area contributed by atoms with Gasteiger partial charge in [-0.05, 0) is 25.1 Å². The predicted octanol–water partition coefficient (Wildman–Crippen LogP) is 4.01. The fourth-order valence-electron chi connectivity index (χ4n) is 2.12. The number of anilines is 1. The third-order valence-corrected chi connectivity index (χ3v) is 3.20. The minimum atomic E-state index is 0.0672. The maximum absolute atomic E-state index is 5.84. The SMILES string of the molecule is COc1ccc(NC(C)c2cc3ccccc3o2)cn1. The van der Waals surface area contributed by atoms with Crippen molar-refractivity contribution in [1.29, 1.82) is 0 Å². The van der Waals surface area contributed by atoms with E-state index in [0.29, 0.717) is 5.88 Å². The van der Waals surface area contributed by atoms with E-state index in [1.807, 2.05) is 36.4 Å². The van der Waals surface area contributed by atoms with Crippen molar-refractivity contribution in [2.45, 2.75) is 13.0 Å². The molecule has 1 unspecified atom stereocenters. The lowest BCUT2D eigenvalue weighted by atomic mass is 10.2. The second-order valence-electron chi connectivity index (χ2n) is 4.64. The number of hydrogen-bond acceptors (Lipinski definition) is 4. The molecule has 2 aromatic heterocycles. The van der Waals surface area contributed by atoms with Crippen LogP contribution in [0.4, 0.5) is 5.69 Å². The summed E-state index contributed by atoms with van der Waals surface area (Å²) in [6.07, 6.45) is 1.75. The van der Waals surface area contributed by atoms with Gasteiger partial charge in [-0.3, -0.25) is 0 Å². The molecule has 102 valence electrons. The van der Waals surface area contributed by atoms with Gasteiger partial charge in [0.1, 0.15) is 11.3 Å². The number of nitrogens with zero attached hydrogens (tertiary/aromatic N) is 1. The van der Waals surface area contributed by atoms with Crippen LogP contribution in [0, 0.1) is 0 Å². The Bertz CT molecular complexity index is 671. The molecule has 0 saturated heterocycles. The summed E-state index contributed by atoms with van der Waals surface area (Å²) in [7, 11) is 1.60. The van der Waals surface area contributed by atoms with Gasteiger partial charge in [-0.1, -0.05) is 18.2 Å². The van der Waals surface area contributed by atoms with Crippen LogP contribution < -0.4 is 10.1 Å². The Kier molecular flexibility index (Phi) is 3.29. The summed E-state index contributed by atoms with van der Waals surface area (Å²) in [5.41, 5.74) is 1.84. The van der Waals surface area contributed by atoms with E-state index in [1.54, 1.807) is 13.3 Å². The number of ether oxygens (including phenoxy) is 1. The van der Waals surface area contributed by atoms with Gasteiger partial charge in [-0.25, -0.2) is 4.98 Å². The van der Waals surface area contributed by atoms with Gasteiger partial charge < -0.3 is 14.5 Å². The second-order valence-corrected chi connectivity index (χ2v) is 4.64. The largest absolute Gasteiger partial charge is 0.481 e. The lowest BCUT2D eigenvalue weighted by Gasteiger charge is -2.12. The topological polar surface area (TPSA) is 47.3 Å². The van der Waals surface area contributed by atoms with Crippen molar-refractivity contribution >= 4 is 16.7 Å². The van der Waals surface area contributed by atoms with Crippen LogP contribution in [0.2, 0.25) is 0 Å². The van der Waals surface area contributed by atoms with Crippen molar-refractivity contribution in [3.05, 3.63) is 54.4 Å². The van der Waals surface area contributed by atoms with Crippen molar-refractivity contribution in [2.24, 2.45) is 0 Å². The molecule has 0 fully saturated rings. The molecule has 3 aromatic rings. The summed E-state index contributed by atoms with van der Waals surface area (Å²) in [6.45, 7) is 2.06. The number of aromatic nitrogens is 1. The monoisotopic (exact) mass is 268 g/mol. The quantitative estimate of drug-likeness (QED) is 0.776. The molecule has 4 nitrogen and oxygen atoms in total. The molecule has 4 heteroatoms. The van der Waals surface area contributed by atoms with Crippen molar-refractivity contribution in [1.82, 2.24) is 4.98 Å². The highest BCUT2D eigenvalue weighted by Gasteiger charge is 2.11. The lowest BCUT2D eigenvalue weighted by molar-refractivity contribution is 0.398. The van der Waals surface area contributed by atoms with E-state index in [4.69, 9.17) is 9.15 Å². The van der Waals surface area contributed by atoms with E-state index in [9.17, 15) is 0 Å². The molecule has 1 N–H and O–H groups in total. The Morgan fingerprint density at radius 3 is 2.75 bits per heavy atom. The Balaban J connectivity index is 1.79. The van der Waals surface area contributed by atoms with Crippen LogP contribution in [0.15, 0.2) is 53.1 Å². The highest BCUT2D eigenvalue weighted by atomic mass is 16.5. The maximum atomic E-state index is 5.84. The summed E-state index contributed by atoms with van der Waals surface area (Å²) in [5, 5.41) is 4.47. The molecule has 0 spiro atoms. The van der Waals surface area contributed by atoms with Crippen molar-refractivity contribution in [3.8, 4) is 5.88 Å². The number of nitrogens with one attached hydrogen (secondary N) is 1. The average Bonchev–Trinajstić information content (AvgIpc) is 2.92. The number of rotatable bonds is 4. The van der Waals surface area contributed by atoms with Gasteiger partial charge in [0.2, 0.25) is 5.88 Å². The van der Waals surface area contributed by atoms with Crippen molar-refractivity contribution in [3.63, 3.8) is 0 Å². The van der Waals surface area contributed by atoms with Crippen LogP contribution in [-0.2, 0) is 0 Å². The molecule has 0 bridgehead atoms. The molecule has 1 aromatic carbocycles. The van der Waals surface area contributed by atoms with Gasteiger partial charge >= 0.3 is 0 Å². The van der Waals surface area contributed by atoms with E-state index in [1.165, 1.54) is 0 Å². The minimum absolute atomic E-state index is 0.0672. The summed E-state index contributed by atoms with van der Waals surface area (Å²) in [5.74, 6) is 1.51. The molecule has 2 heterocycles. The first-order valence-corrected chi connectivity index (χ1v) is 6.51. The van der Waals surface area contributed by atoms with Crippen molar-refractivity contribution in [2.75, 3.05) is 12.4 Å². The normalized spacial score (nSPS) is 12.3. The summed E-state index contributed by atoms with van der Waals surface area (Å²) in [4.78, 5) is 4.17. The fourth-order valence-corrected chi connectivity index (χ4v) is 2.12. The number of fused-ring (bicyclic) bond motifs is 1. The number of hydrogen-bond donors (Lipinski definition) is 1. The van der Waals surface area contributed by atoms with Crippen LogP contribution in [0.25, 0.3) is 11.0 Å². The van der Waals surface area contributed by atoms with Gasteiger partial charge in [0.25, 0.3) is 0 Å². The summed E-state index contributed by atoms with van der Waals surface area (Å²) in [6, 6.07) is 13.9. The zero-order chi connectivity index (χ0) is 13.9. The average molecular weight is 268 g/mol. The Morgan fingerprint density at radius 2 is 2.05 bits per heavy atom. The van der Waals surface area contributed by atoms with E-state index >= 15 is 0 Å². The van der Waals surface area contributed by atoms with E-state index in [2.05, 4.69) is 23.3 Å². The van der Waals surface area contributed by atoms with E-state index in [0.717, 1.165) is 22.4 Å². The highest BCUT2D eigenvalue weighted by molar-refractivity contribution is 5.77. The number of para-hydroxylation sites is 1. The minimum Gasteiger partial charge on any atom is -0.481 e. The molecule has 0 aliphatic rings. The molecule has 0 radical (unpaired) electrons. The third-order valence-electron chi connectivity index (χ3n) is 3.20. The number of pyridine rings is 1. The maximum Gasteiger partial charge on any atom is 0.213 e. The molecule has 0 aliphatic heterocycles. The molecule has 0 amide bonds. The number of benzene rings is 1. The Hall–Kier alpha value is -2.49. The molecular formula is C16H16N2O2. The van der Waals surface area contributed by atoms with Gasteiger partial charge in [0.05, 0.1) is 25.0 Å². The number of furan rings is 1. The zero-order valence-electron chi connectivity index (χ0n) is 11.5. The number of methoxy groups -OCH3 is 1. The first-order chi connectivity index (χ1) is 9.76. The molecule has 20 heavy (non-hydrogen) atoms. The summed E-state index contributed by atoms with van der Waals surface area (Å²) >= 11 is 0. The van der Waals surface area contributed by atoms with Crippen LogP contribution in [0.3, 0.4) is 0 Å². The van der Waals surface area contributed by atoms with E-state index < -0.39 is 0 Å². The first kappa shape index (κ1) is 12.5. The molecule has 1 atom stereocenters. The highest BCUT2D eigenvalue weighted by Crippen LogP contribution is 2.26. The predicted molar refractivity (Wildman–Crippen MR) is 79.0 cm³/mol. The first-order valence-electron chi connectivity index (χ1n) is 6.51. The van der Waals surface area contributed by atoms with Gasteiger partial charge in [0, 0.05) is 11.5 Å². The van der Waals surface area contributed by atoms with Crippen LogP contribution in [-0.4, -0.2) is 12.1 Å². The molecule has 0 saturated carbocycles. The molecule has 0 aliphatic carbocycles. The zero-order valence-corrected chi connectivity index (χ0v) is 11.5. The lowest BCUT2D eigenvalue weighted by Crippen LogP contribution is -2.05. The standard InChI is InChI=1S/C16H16N2O2/c1-11(18-13-7-8-16(19-2)17-10-13)15-9-12-5-3-4-6-14(12)20-15/h3-11,18H,1-2H3. The summed E-state index contributed by atoms with van der Waals surface area (Å²) < 4.78 is 10.9. The van der Waals surface area contributed by atoms with Gasteiger partial charge in [-0.2, -0.15) is 0 Å². The van der Waals surface area contributed by atoms with Gasteiger partial charge in [-0.15, -0.1) is 0 Å². The smallest absolute Gasteiger partial charge is 0.213 e. The van der Waals surface area contributed by atoms with Crippen LogP contribution >= 0.6 is 0 Å². The second kappa shape index (κ2) is 5.25. The third kappa shape index (κ3) is 2.45. The fraction of sp³-hybridized carbons (Fsp3) is 0.188. The van der Waals surface area contributed by atoms with Crippen LogP contribution in [0.1, 0.15) is 18.7 Å². The van der Waals surface area contributed by atoms with Gasteiger partial charge in [0.15, 0.2) is 0 Å². The van der Waals surface area contributed by atoms with E-state index in [-0.39, 0.29) is 6.04 Å². The molecular weight excluding hydrogens is 252 g/mol. The Labute approximate surface area is 117 Å². The Morgan fingerprint density at radius 1 is 1.20 bits per heavy atom. The molecule has 3 rings (SSSR count). The van der Waals surface area contributed by atoms with Crippen LogP contribution in [0.5, 0.6) is 5.88 Å². The van der Waals surface area contributed by atoms with Crippen molar-refractivity contribution < 1.29 is 9.15 Å².